The Morgan fingerprint density at radius 3 is 1.77 bits per heavy atom. The third-order valence-electron chi connectivity index (χ3n) is 4.30. The molecule has 116 valence electrons. The van der Waals surface area contributed by atoms with Gasteiger partial charge in [-0.2, -0.15) is 11.8 Å². The molecule has 0 N–H and O–H groups in total. The molecule has 0 aromatic heterocycles. The Balaban J connectivity index is 2.12. The molecule has 2 aromatic rings. The summed E-state index contributed by atoms with van der Waals surface area (Å²) in [6.07, 6.45) is 0. The van der Waals surface area contributed by atoms with Crippen LogP contribution in [-0.2, 0) is 4.43 Å². The number of thioether (sulfide) groups is 1. The van der Waals surface area contributed by atoms with Crippen molar-refractivity contribution in [2.75, 3.05) is 12.4 Å². The van der Waals surface area contributed by atoms with E-state index in [4.69, 9.17) is 4.43 Å². The molecule has 3 heteroatoms. The van der Waals surface area contributed by atoms with E-state index in [0.717, 1.165) is 6.61 Å². The molecule has 22 heavy (non-hydrogen) atoms. The van der Waals surface area contributed by atoms with Gasteiger partial charge in [-0.1, -0.05) is 81.4 Å². The lowest BCUT2D eigenvalue weighted by atomic mass is 10.2. The molecule has 0 spiro atoms. The van der Waals surface area contributed by atoms with Crippen LogP contribution >= 0.6 is 11.8 Å². The van der Waals surface area contributed by atoms with Gasteiger partial charge in [0.25, 0.3) is 8.32 Å². The molecule has 2 aromatic carbocycles. The van der Waals surface area contributed by atoms with E-state index in [2.05, 4.69) is 81.4 Å². The summed E-state index contributed by atoms with van der Waals surface area (Å²) in [5, 5.41) is 3.54. The van der Waals surface area contributed by atoms with Crippen LogP contribution in [0.25, 0.3) is 0 Å². The number of hydrogen-bond acceptors (Lipinski definition) is 2. The minimum atomic E-state index is -2.29. The summed E-state index contributed by atoms with van der Waals surface area (Å²) in [7, 11) is -2.29. The highest BCUT2D eigenvalue weighted by atomic mass is 32.2. The third kappa shape index (κ3) is 3.03. The average molecular weight is 329 g/mol. The highest BCUT2D eigenvalue weighted by molar-refractivity contribution is 8.06. The van der Waals surface area contributed by atoms with Crippen molar-refractivity contribution < 1.29 is 4.43 Å². The molecule has 0 amide bonds. The Morgan fingerprint density at radius 1 is 0.955 bits per heavy atom. The summed E-state index contributed by atoms with van der Waals surface area (Å²) in [5.41, 5.74) is 0. The van der Waals surface area contributed by atoms with Gasteiger partial charge in [-0.25, -0.2) is 0 Å². The number of hydrogen-bond donors (Lipinski definition) is 0. The smallest absolute Gasteiger partial charge is 0.261 e. The van der Waals surface area contributed by atoms with E-state index in [1.807, 2.05) is 11.8 Å². The second kappa shape index (κ2) is 6.23. The van der Waals surface area contributed by atoms with Crippen LogP contribution in [0.2, 0.25) is 5.04 Å². The standard InChI is InChI=1S/C19H24OSSi/c1-19(2,3)22(20-14-16-15-21-16,17-10-6-4-7-11-17)18-12-8-5-9-13-18/h4-13,16H,14-15H2,1-3H3/t16-/m0/s1. The van der Waals surface area contributed by atoms with Crippen molar-refractivity contribution in [3.05, 3.63) is 60.7 Å². The first kappa shape index (κ1) is 15.8. The fourth-order valence-electron chi connectivity index (χ4n) is 3.14. The molecule has 1 aliphatic rings. The molecule has 0 saturated carbocycles. The number of rotatable bonds is 5. The zero-order valence-corrected chi connectivity index (χ0v) is 15.4. The molecule has 1 aliphatic heterocycles. The predicted octanol–water partition coefficient (Wildman–Crippen LogP) is 3.68. The zero-order valence-electron chi connectivity index (χ0n) is 13.6. The van der Waals surface area contributed by atoms with Crippen molar-refractivity contribution in [1.29, 1.82) is 0 Å². The third-order valence-corrected chi connectivity index (χ3v) is 10.3. The van der Waals surface area contributed by atoms with Gasteiger partial charge in [0.1, 0.15) is 0 Å². The van der Waals surface area contributed by atoms with Gasteiger partial charge < -0.3 is 4.43 Å². The summed E-state index contributed by atoms with van der Waals surface area (Å²) in [5.74, 6) is 1.25. The van der Waals surface area contributed by atoms with Crippen LogP contribution in [0.15, 0.2) is 60.7 Å². The normalized spacial score (nSPS) is 18.2. The van der Waals surface area contributed by atoms with E-state index in [1.165, 1.54) is 16.1 Å². The summed E-state index contributed by atoms with van der Waals surface area (Å²) in [6.45, 7) is 7.87. The van der Waals surface area contributed by atoms with E-state index in [-0.39, 0.29) is 5.04 Å². The van der Waals surface area contributed by atoms with Gasteiger partial charge in [0.15, 0.2) is 0 Å². The van der Waals surface area contributed by atoms with Gasteiger partial charge in [-0.15, -0.1) is 0 Å². The minimum Gasteiger partial charge on any atom is -0.406 e. The van der Waals surface area contributed by atoms with Gasteiger partial charge in [0, 0.05) is 17.6 Å². The molecular formula is C19H24OSSi. The highest BCUT2D eigenvalue weighted by Crippen LogP contribution is 2.39. The molecule has 1 saturated heterocycles. The fraction of sp³-hybridized carbons (Fsp3) is 0.368. The van der Waals surface area contributed by atoms with E-state index in [9.17, 15) is 0 Å². The van der Waals surface area contributed by atoms with Crippen molar-refractivity contribution in [3.8, 4) is 0 Å². The largest absolute Gasteiger partial charge is 0.406 e. The first-order chi connectivity index (χ1) is 10.5. The highest BCUT2D eigenvalue weighted by Gasteiger charge is 2.50. The molecular weight excluding hydrogens is 304 g/mol. The van der Waals surface area contributed by atoms with Crippen LogP contribution in [0.3, 0.4) is 0 Å². The molecule has 1 fully saturated rings. The van der Waals surface area contributed by atoms with Crippen LogP contribution < -0.4 is 10.4 Å². The summed E-state index contributed by atoms with van der Waals surface area (Å²) in [4.78, 5) is 0. The molecule has 0 aliphatic carbocycles. The maximum Gasteiger partial charge on any atom is 0.261 e. The lowest BCUT2D eigenvalue weighted by molar-refractivity contribution is 0.309. The van der Waals surface area contributed by atoms with E-state index < -0.39 is 8.32 Å². The first-order valence-corrected chi connectivity index (χ1v) is 10.9. The lowest BCUT2D eigenvalue weighted by Gasteiger charge is -2.43. The maximum atomic E-state index is 6.81. The van der Waals surface area contributed by atoms with E-state index in [0.29, 0.717) is 5.25 Å². The molecule has 1 nitrogen and oxygen atoms in total. The van der Waals surface area contributed by atoms with Gasteiger partial charge in [-0.3, -0.25) is 0 Å². The Labute approximate surface area is 139 Å². The van der Waals surface area contributed by atoms with Gasteiger partial charge >= 0.3 is 0 Å². The predicted molar refractivity (Wildman–Crippen MR) is 99.8 cm³/mol. The Kier molecular flexibility index (Phi) is 4.48. The molecule has 0 bridgehead atoms. The van der Waals surface area contributed by atoms with Crippen molar-refractivity contribution in [3.63, 3.8) is 0 Å². The first-order valence-electron chi connectivity index (χ1n) is 7.91. The van der Waals surface area contributed by atoms with Crippen molar-refractivity contribution in [1.82, 2.24) is 0 Å². The molecule has 1 atom stereocenters. The van der Waals surface area contributed by atoms with Crippen molar-refractivity contribution in [2.45, 2.75) is 31.1 Å². The Bertz CT molecular complexity index is 563. The summed E-state index contributed by atoms with van der Waals surface area (Å²) >= 11 is 2.01. The Morgan fingerprint density at radius 2 is 1.41 bits per heavy atom. The van der Waals surface area contributed by atoms with Gasteiger partial charge in [0.2, 0.25) is 0 Å². The van der Waals surface area contributed by atoms with E-state index in [1.54, 1.807) is 0 Å². The van der Waals surface area contributed by atoms with Gasteiger partial charge in [-0.05, 0) is 15.4 Å². The molecule has 3 rings (SSSR count). The quantitative estimate of drug-likeness (QED) is 0.612. The maximum absolute atomic E-state index is 6.81. The molecule has 1 heterocycles. The topological polar surface area (TPSA) is 9.23 Å². The summed E-state index contributed by atoms with van der Waals surface area (Å²) in [6, 6.07) is 21.8. The fourth-order valence-corrected chi connectivity index (χ4v) is 8.27. The average Bonchev–Trinajstić information content (AvgIpc) is 3.33. The van der Waals surface area contributed by atoms with Crippen molar-refractivity contribution >= 4 is 30.5 Å². The van der Waals surface area contributed by atoms with Crippen LogP contribution in [0.1, 0.15) is 20.8 Å². The van der Waals surface area contributed by atoms with Gasteiger partial charge in [0.05, 0.1) is 0 Å². The molecule has 0 radical (unpaired) electrons. The zero-order chi connectivity index (χ0) is 15.6. The minimum absolute atomic E-state index is 0.0925. The SMILES string of the molecule is CC(C)(C)[Si](OC[C@H]1CS1)(c1ccccc1)c1ccccc1. The van der Waals surface area contributed by atoms with E-state index >= 15 is 0 Å². The van der Waals surface area contributed by atoms with Crippen LogP contribution in [-0.4, -0.2) is 25.9 Å². The lowest BCUT2D eigenvalue weighted by Crippen LogP contribution is -2.66. The van der Waals surface area contributed by atoms with Crippen molar-refractivity contribution in [2.24, 2.45) is 0 Å². The second-order valence-electron chi connectivity index (χ2n) is 6.93. The molecule has 0 unspecified atom stereocenters. The van der Waals surface area contributed by atoms with Crippen LogP contribution in [0.5, 0.6) is 0 Å². The number of benzene rings is 2. The Hall–Kier alpha value is -1.03. The van der Waals surface area contributed by atoms with Crippen LogP contribution in [0, 0.1) is 0 Å². The second-order valence-corrected chi connectivity index (χ2v) is 12.6. The monoisotopic (exact) mass is 328 g/mol. The summed E-state index contributed by atoms with van der Waals surface area (Å²) < 4.78 is 6.81. The van der Waals surface area contributed by atoms with Crippen LogP contribution in [0.4, 0.5) is 0 Å².